The van der Waals surface area contributed by atoms with Gasteiger partial charge in [0.25, 0.3) is 5.56 Å². The molecule has 0 fully saturated rings. The summed E-state index contributed by atoms with van der Waals surface area (Å²) in [5, 5.41) is 11.9. The average Bonchev–Trinajstić information content (AvgIpc) is 2.94. The summed E-state index contributed by atoms with van der Waals surface area (Å²) in [4.78, 5) is 15.9. The Labute approximate surface area is 133 Å². The van der Waals surface area contributed by atoms with Gasteiger partial charge in [-0.25, -0.2) is 9.37 Å². The molecule has 0 aliphatic rings. The molecule has 3 rings (SSSR count). The first kappa shape index (κ1) is 14.7. The normalized spacial score (nSPS) is 10.6. The highest BCUT2D eigenvalue weighted by Gasteiger charge is 2.10. The minimum Gasteiger partial charge on any atom is -0.330 e. The molecule has 0 bridgehead atoms. The summed E-state index contributed by atoms with van der Waals surface area (Å²) in [6.07, 6.45) is 3.15. The fourth-order valence-corrected chi connectivity index (χ4v) is 3.32. The smallest absolute Gasteiger partial charge is 0.283 e. The molecular formula is C13H10FN5OS2. The lowest BCUT2D eigenvalue weighted by atomic mass is 10.3. The lowest BCUT2D eigenvalue weighted by Crippen LogP contribution is -2.18. The SMILES string of the molecule is Cn1ccnc(Sc2nnc(Nc3ccc(F)cc3)s2)c1=O. The molecule has 0 radical (unpaired) electrons. The summed E-state index contributed by atoms with van der Waals surface area (Å²) in [7, 11) is 1.66. The third-order valence-electron chi connectivity index (χ3n) is 2.67. The monoisotopic (exact) mass is 335 g/mol. The predicted octanol–water partition coefficient (Wildman–Crippen LogP) is 2.67. The van der Waals surface area contributed by atoms with Gasteiger partial charge in [0.2, 0.25) is 5.13 Å². The molecule has 9 heteroatoms. The van der Waals surface area contributed by atoms with E-state index in [2.05, 4.69) is 20.5 Å². The summed E-state index contributed by atoms with van der Waals surface area (Å²) in [5.41, 5.74) is 0.526. The van der Waals surface area contributed by atoms with Crippen LogP contribution in [0, 0.1) is 5.82 Å². The molecular weight excluding hydrogens is 325 g/mol. The maximum Gasteiger partial charge on any atom is 0.283 e. The Kier molecular flexibility index (Phi) is 4.16. The maximum atomic E-state index is 12.8. The van der Waals surface area contributed by atoms with Crippen molar-refractivity contribution in [1.82, 2.24) is 19.7 Å². The molecule has 0 amide bonds. The van der Waals surface area contributed by atoms with Crippen LogP contribution in [0.4, 0.5) is 15.2 Å². The van der Waals surface area contributed by atoms with Gasteiger partial charge in [0.1, 0.15) is 5.82 Å². The molecule has 1 aromatic carbocycles. The summed E-state index contributed by atoms with van der Waals surface area (Å²) in [5.74, 6) is -0.301. The van der Waals surface area contributed by atoms with E-state index in [9.17, 15) is 9.18 Å². The van der Waals surface area contributed by atoms with Crippen LogP contribution in [0.25, 0.3) is 0 Å². The van der Waals surface area contributed by atoms with E-state index < -0.39 is 0 Å². The quantitative estimate of drug-likeness (QED) is 0.790. The topological polar surface area (TPSA) is 72.7 Å². The summed E-state index contributed by atoms with van der Waals surface area (Å²) < 4.78 is 14.9. The van der Waals surface area contributed by atoms with E-state index >= 15 is 0 Å². The van der Waals surface area contributed by atoms with Crippen molar-refractivity contribution in [3.63, 3.8) is 0 Å². The highest BCUT2D eigenvalue weighted by molar-refractivity contribution is 8.01. The summed E-state index contributed by atoms with van der Waals surface area (Å²) in [6, 6.07) is 5.93. The fraction of sp³-hybridized carbons (Fsp3) is 0.0769. The Bertz CT molecular complexity index is 846. The van der Waals surface area contributed by atoms with Crippen LogP contribution in [0.5, 0.6) is 0 Å². The molecule has 0 atom stereocenters. The molecule has 0 saturated carbocycles. The van der Waals surface area contributed by atoms with Crippen LogP contribution in [-0.2, 0) is 7.05 Å². The minimum absolute atomic E-state index is 0.184. The Morgan fingerprint density at radius 2 is 2.05 bits per heavy atom. The number of nitrogens with zero attached hydrogens (tertiary/aromatic N) is 4. The first-order chi connectivity index (χ1) is 10.6. The lowest BCUT2D eigenvalue weighted by Gasteiger charge is -2.00. The zero-order valence-electron chi connectivity index (χ0n) is 11.4. The number of nitrogens with one attached hydrogen (secondary N) is 1. The number of benzene rings is 1. The van der Waals surface area contributed by atoms with Gasteiger partial charge in [-0.1, -0.05) is 11.3 Å². The molecule has 0 unspecified atom stereocenters. The molecule has 2 aromatic heterocycles. The van der Waals surface area contributed by atoms with Gasteiger partial charge in [-0.05, 0) is 36.0 Å². The van der Waals surface area contributed by atoms with E-state index in [4.69, 9.17) is 0 Å². The number of aromatic nitrogens is 4. The number of hydrogen-bond donors (Lipinski definition) is 1. The first-order valence-electron chi connectivity index (χ1n) is 6.17. The standard InChI is InChI=1S/C13H10FN5OS2/c1-19-7-6-15-10(11(19)20)21-13-18-17-12(22-13)16-9-4-2-8(14)3-5-9/h2-7H,1H3,(H,16,17). The van der Waals surface area contributed by atoms with Crippen molar-refractivity contribution in [2.45, 2.75) is 9.37 Å². The van der Waals surface area contributed by atoms with Crippen LogP contribution in [0.3, 0.4) is 0 Å². The zero-order valence-corrected chi connectivity index (χ0v) is 13.0. The zero-order chi connectivity index (χ0) is 15.5. The Hall–Kier alpha value is -2.26. The van der Waals surface area contributed by atoms with Crippen LogP contribution in [0.1, 0.15) is 0 Å². The fourth-order valence-electron chi connectivity index (χ4n) is 1.59. The average molecular weight is 335 g/mol. The van der Waals surface area contributed by atoms with Gasteiger partial charge in [0.15, 0.2) is 9.37 Å². The Morgan fingerprint density at radius 1 is 1.27 bits per heavy atom. The second kappa shape index (κ2) is 6.24. The molecule has 3 aromatic rings. The summed E-state index contributed by atoms with van der Waals surface area (Å²) in [6.45, 7) is 0. The van der Waals surface area contributed by atoms with Crippen molar-refractivity contribution in [3.05, 3.63) is 52.8 Å². The maximum absolute atomic E-state index is 12.8. The second-order valence-corrected chi connectivity index (χ2v) is 6.47. The van der Waals surface area contributed by atoms with Gasteiger partial charge in [-0.3, -0.25) is 4.79 Å². The molecule has 0 aliphatic carbocycles. The number of halogens is 1. The second-order valence-electron chi connectivity index (χ2n) is 4.26. The lowest BCUT2D eigenvalue weighted by molar-refractivity contribution is 0.628. The van der Waals surface area contributed by atoms with Gasteiger partial charge in [-0.2, -0.15) is 0 Å². The number of rotatable bonds is 4. The molecule has 0 saturated heterocycles. The van der Waals surface area contributed by atoms with Crippen molar-refractivity contribution < 1.29 is 4.39 Å². The third-order valence-corrected chi connectivity index (χ3v) is 4.53. The van der Waals surface area contributed by atoms with Gasteiger partial charge in [0.05, 0.1) is 0 Å². The number of aryl methyl sites for hydroxylation is 1. The van der Waals surface area contributed by atoms with E-state index in [-0.39, 0.29) is 11.4 Å². The van der Waals surface area contributed by atoms with Crippen LogP contribution in [0.2, 0.25) is 0 Å². The summed E-state index contributed by atoms with van der Waals surface area (Å²) >= 11 is 2.45. The molecule has 2 heterocycles. The number of hydrogen-bond acceptors (Lipinski definition) is 7. The predicted molar refractivity (Wildman–Crippen MR) is 83.2 cm³/mol. The van der Waals surface area contributed by atoms with Gasteiger partial charge >= 0.3 is 0 Å². The largest absolute Gasteiger partial charge is 0.330 e. The van der Waals surface area contributed by atoms with Crippen molar-refractivity contribution in [2.24, 2.45) is 7.05 Å². The molecule has 112 valence electrons. The van der Waals surface area contributed by atoms with E-state index in [1.165, 1.54) is 28.0 Å². The Balaban J connectivity index is 1.75. The highest BCUT2D eigenvalue weighted by atomic mass is 32.2. The van der Waals surface area contributed by atoms with E-state index in [1.54, 1.807) is 31.6 Å². The van der Waals surface area contributed by atoms with E-state index in [0.29, 0.717) is 20.2 Å². The van der Waals surface area contributed by atoms with Crippen LogP contribution in [-0.4, -0.2) is 19.7 Å². The molecule has 0 spiro atoms. The minimum atomic E-state index is -0.301. The van der Waals surface area contributed by atoms with E-state index in [0.717, 1.165) is 11.8 Å². The van der Waals surface area contributed by atoms with Crippen molar-refractivity contribution in [1.29, 1.82) is 0 Å². The molecule has 22 heavy (non-hydrogen) atoms. The molecule has 6 nitrogen and oxygen atoms in total. The molecule has 1 N–H and O–H groups in total. The third kappa shape index (κ3) is 3.31. The number of anilines is 2. The van der Waals surface area contributed by atoms with Crippen LogP contribution in [0.15, 0.2) is 50.8 Å². The van der Waals surface area contributed by atoms with Gasteiger partial charge in [0, 0.05) is 25.1 Å². The van der Waals surface area contributed by atoms with E-state index in [1.807, 2.05) is 0 Å². The van der Waals surface area contributed by atoms with Gasteiger partial charge < -0.3 is 9.88 Å². The van der Waals surface area contributed by atoms with Crippen molar-refractivity contribution in [2.75, 3.05) is 5.32 Å². The van der Waals surface area contributed by atoms with Crippen LogP contribution >= 0.6 is 23.1 Å². The van der Waals surface area contributed by atoms with Gasteiger partial charge in [-0.15, -0.1) is 10.2 Å². The first-order valence-corrected chi connectivity index (χ1v) is 7.81. The highest BCUT2D eigenvalue weighted by Crippen LogP contribution is 2.30. The van der Waals surface area contributed by atoms with Crippen molar-refractivity contribution in [3.8, 4) is 0 Å². The van der Waals surface area contributed by atoms with Crippen molar-refractivity contribution >= 4 is 33.9 Å². The Morgan fingerprint density at radius 3 is 2.82 bits per heavy atom. The van der Waals surface area contributed by atoms with Crippen LogP contribution < -0.4 is 10.9 Å². The molecule has 0 aliphatic heterocycles.